The third-order valence-corrected chi connectivity index (χ3v) is 6.70. The minimum Gasteiger partial charge on any atom is -0.489 e. The third kappa shape index (κ3) is 5.39. The Balaban J connectivity index is 1.94. The summed E-state index contributed by atoms with van der Waals surface area (Å²) in [5, 5.41) is 2.03. The highest BCUT2D eigenvalue weighted by Crippen LogP contribution is 2.39. The maximum atomic E-state index is 13.6. The fourth-order valence-corrected chi connectivity index (χ4v) is 4.44. The van der Waals surface area contributed by atoms with Crippen molar-refractivity contribution in [1.82, 2.24) is 0 Å². The predicted molar refractivity (Wildman–Crippen MR) is 108 cm³/mol. The van der Waals surface area contributed by atoms with Crippen molar-refractivity contribution in [3.63, 3.8) is 0 Å². The average molecular weight is 530 g/mol. The van der Waals surface area contributed by atoms with E-state index in [1.54, 1.807) is 0 Å². The molecule has 0 aromatic heterocycles. The minimum atomic E-state index is -5.15. The van der Waals surface area contributed by atoms with Crippen LogP contribution in [0.4, 0.5) is 46.9 Å². The summed E-state index contributed by atoms with van der Waals surface area (Å²) in [7, 11) is -4.67. The lowest BCUT2D eigenvalue weighted by Gasteiger charge is -2.31. The molecule has 0 spiro atoms. The van der Waals surface area contributed by atoms with Crippen molar-refractivity contribution in [2.45, 2.75) is 36.7 Å². The van der Waals surface area contributed by atoms with Crippen LogP contribution in [0.15, 0.2) is 41.3 Å². The molecule has 7 nitrogen and oxygen atoms in total. The molecule has 1 amide bonds. The highest BCUT2D eigenvalue weighted by Gasteiger charge is 2.51. The maximum Gasteiger partial charge on any atom is 0.427 e. The molecule has 192 valence electrons. The van der Waals surface area contributed by atoms with E-state index in [0.717, 1.165) is 6.07 Å². The number of amides is 1. The van der Waals surface area contributed by atoms with E-state index in [2.05, 4.69) is 4.74 Å². The molecule has 0 radical (unpaired) electrons. The van der Waals surface area contributed by atoms with Crippen LogP contribution in [0.5, 0.6) is 5.75 Å². The fourth-order valence-electron chi connectivity index (χ4n) is 2.96. The number of ether oxygens (including phenoxy) is 2. The van der Waals surface area contributed by atoms with E-state index in [1.807, 2.05) is 5.32 Å². The average Bonchev–Trinajstić information content (AvgIpc) is 2.71. The lowest BCUT2D eigenvalue weighted by molar-refractivity contribution is -0.242. The number of carbonyl (C=O) groups is 1. The molecule has 0 atom stereocenters. The zero-order chi connectivity index (χ0) is 26.4. The second-order valence-corrected chi connectivity index (χ2v) is 9.63. The number of carbonyl (C=O) groups excluding carboxylic acids is 1. The Morgan fingerprint density at radius 1 is 1.06 bits per heavy atom. The zero-order valence-corrected chi connectivity index (χ0v) is 18.7. The van der Waals surface area contributed by atoms with Crippen molar-refractivity contribution in [2.75, 3.05) is 22.8 Å². The lowest BCUT2D eigenvalue weighted by Crippen LogP contribution is -2.44. The van der Waals surface area contributed by atoms with Crippen molar-refractivity contribution in [3.8, 4) is 5.75 Å². The van der Waals surface area contributed by atoms with Gasteiger partial charge >= 0.3 is 18.4 Å². The van der Waals surface area contributed by atoms with Crippen molar-refractivity contribution in [1.29, 1.82) is 0 Å². The Labute approximate surface area is 194 Å². The fraction of sp³-hybridized carbons (Fsp3) is 0.350. The summed E-state index contributed by atoms with van der Waals surface area (Å²) >= 11 is 0. The number of anilines is 2. The molecular formula is C20H17F7N2O5S. The second-order valence-electron chi connectivity index (χ2n) is 7.77. The topological polar surface area (TPSA) is 84.9 Å². The summed E-state index contributed by atoms with van der Waals surface area (Å²) in [6, 6.07) is 4.60. The number of nitrogens with zero attached hydrogens (tertiary/aromatic N) is 1. The molecule has 0 bridgehead atoms. The molecule has 1 heterocycles. The van der Waals surface area contributed by atoms with E-state index in [9.17, 15) is 43.9 Å². The monoisotopic (exact) mass is 530 g/mol. The number of hydrogen-bond donors (Lipinski definition) is 1. The first-order valence-electron chi connectivity index (χ1n) is 9.66. The summed E-state index contributed by atoms with van der Waals surface area (Å²) in [5.41, 5.74) is -5.02. The molecule has 1 aliphatic heterocycles. The Kier molecular flexibility index (Phi) is 6.61. The number of sulfonamides is 1. The molecule has 2 aromatic rings. The van der Waals surface area contributed by atoms with Gasteiger partial charge in [0.25, 0.3) is 10.0 Å². The molecule has 0 saturated heterocycles. The molecule has 0 fully saturated rings. The third-order valence-electron chi connectivity index (χ3n) is 4.89. The first-order valence-corrected chi connectivity index (χ1v) is 11.1. The van der Waals surface area contributed by atoms with Crippen LogP contribution < -0.4 is 14.4 Å². The Morgan fingerprint density at radius 3 is 2.31 bits per heavy atom. The summed E-state index contributed by atoms with van der Waals surface area (Å²) in [6.07, 6.45) is -11.5. The number of hydrogen-bond acceptors (Lipinski definition) is 5. The van der Waals surface area contributed by atoms with E-state index in [-0.39, 0.29) is 36.3 Å². The molecule has 2 aromatic carbocycles. The number of fused-ring (bicyclic) bond motifs is 1. The molecular weight excluding hydrogens is 513 g/mol. The summed E-state index contributed by atoms with van der Waals surface area (Å²) < 4.78 is 128. The van der Waals surface area contributed by atoms with Gasteiger partial charge in [-0.2, -0.15) is 26.3 Å². The van der Waals surface area contributed by atoms with Gasteiger partial charge in [0.15, 0.2) is 0 Å². The Hall–Kier alpha value is -3.23. The van der Waals surface area contributed by atoms with Crippen LogP contribution in [-0.2, 0) is 20.9 Å². The minimum absolute atomic E-state index is 0.0347. The predicted octanol–water partition coefficient (Wildman–Crippen LogP) is 5.32. The molecule has 0 unspecified atom stereocenters. The van der Waals surface area contributed by atoms with Crippen molar-refractivity contribution >= 4 is 27.5 Å². The van der Waals surface area contributed by atoms with Crippen molar-refractivity contribution in [3.05, 3.63) is 47.8 Å². The molecule has 3 rings (SSSR count). The molecule has 1 N–H and O–H groups in total. The maximum absolute atomic E-state index is 13.6. The number of halogens is 7. The van der Waals surface area contributed by atoms with Crippen LogP contribution >= 0.6 is 0 Å². The van der Waals surface area contributed by atoms with Crippen LogP contribution in [0.25, 0.3) is 0 Å². The van der Waals surface area contributed by atoms with Crippen LogP contribution in [0.3, 0.4) is 0 Å². The number of rotatable bonds is 4. The van der Waals surface area contributed by atoms with E-state index >= 15 is 0 Å². The van der Waals surface area contributed by atoms with E-state index in [1.165, 1.54) is 12.1 Å². The van der Waals surface area contributed by atoms with Gasteiger partial charge in [0.1, 0.15) is 18.2 Å². The quantitative estimate of drug-likeness (QED) is 0.541. The summed E-state index contributed by atoms with van der Waals surface area (Å²) in [6.45, 7) is 0.705. The highest BCUT2D eigenvalue weighted by atomic mass is 32.2. The second kappa shape index (κ2) is 8.77. The standard InChI is InChI=1S/C20H17F7N2O5S/c1-18(2,20(25,26)27)34-17(30)28-11-3-6-16-15(9-11)29(7-8-33-16)35(31,32)12-4-5-14(21)13(10-12)19(22,23)24/h3-6,9-10H,7-8H2,1-2H3,(H,28,30). The van der Waals surface area contributed by atoms with Crippen LogP contribution in [0.1, 0.15) is 19.4 Å². The first-order chi connectivity index (χ1) is 15.9. The van der Waals surface area contributed by atoms with Gasteiger partial charge in [0, 0.05) is 5.69 Å². The van der Waals surface area contributed by atoms with Crippen LogP contribution in [0, 0.1) is 5.82 Å². The molecule has 15 heteroatoms. The van der Waals surface area contributed by atoms with Gasteiger partial charge in [-0.1, -0.05) is 0 Å². The molecule has 0 saturated carbocycles. The van der Waals surface area contributed by atoms with Gasteiger partial charge in [-0.05, 0) is 50.2 Å². The largest absolute Gasteiger partial charge is 0.489 e. The lowest BCUT2D eigenvalue weighted by atomic mass is 10.1. The SMILES string of the molecule is CC(C)(OC(=O)Nc1ccc2c(c1)N(S(=O)(=O)c1ccc(F)c(C(F)(F)F)c1)CCO2)C(F)(F)F. The van der Waals surface area contributed by atoms with Crippen molar-refractivity contribution < 1.29 is 53.4 Å². The normalized spacial score (nSPS) is 14.7. The molecule has 1 aliphatic rings. The van der Waals surface area contributed by atoms with E-state index in [0.29, 0.717) is 30.3 Å². The Bertz CT molecular complexity index is 1240. The van der Waals surface area contributed by atoms with Gasteiger partial charge in [-0.25, -0.2) is 17.6 Å². The van der Waals surface area contributed by atoms with Crippen molar-refractivity contribution in [2.24, 2.45) is 0 Å². The van der Waals surface area contributed by atoms with Gasteiger partial charge in [-0.3, -0.25) is 9.62 Å². The van der Waals surface area contributed by atoms with E-state index < -0.39 is 50.3 Å². The smallest absolute Gasteiger partial charge is 0.427 e. The van der Waals surface area contributed by atoms with Gasteiger partial charge < -0.3 is 9.47 Å². The van der Waals surface area contributed by atoms with Crippen LogP contribution in [-0.4, -0.2) is 39.4 Å². The highest BCUT2D eigenvalue weighted by molar-refractivity contribution is 7.92. The Morgan fingerprint density at radius 2 is 1.71 bits per heavy atom. The summed E-state index contributed by atoms with van der Waals surface area (Å²) in [4.78, 5) is 11.1. The number of benzene rings is 2. The van der Waals surface area contributed by atoms with E-state index in [4.69, 9.17) is 4.74 Å². The summed E-state index contributed by atoms with van der Waals surface area (Å²) in [5.74, 6) is -1.70. The van der Waals surface area contributed by atoms with Crippen LogP contribution in [0.2, 0.25) is 0 Å². The molecule has 0 aliphatic carbocycles. The number of alkyl halides is 6. The molecule has 35 heavy (non-hydrogen) atoms. The number of nitrogens with one attached hydrogen (secondary N) is 1. The first kappa shape index (κ1) is 26.4. The van der Waals surface area contributed by atoms with Gasteiger partial charge in [0.05, 0.1) is 22.7 Å². The van der Waals surface area contributed by atoms with Gasteiger partial charge in [-0.15, -0.1) is 0 Å². The zero-order valence-electron chi connectivity index (χ0n) is 17.9. The van der Waals surface area contributed by atoms with Gasteiger partial charge in [0.2, 0.25) is 5.60 Å².